The molecule has 0 amide bonds. The van der Waals surface area contributed by atoms with Gasteiger partial charge < -0.3 is 15.0 Å². The number of hydrogen-bond acceptors (Lipinski definition) is 4. The van der Waals surface area contributed by atoms with Crippen molar-refractivity contribution in [3.05, 3.63) is 0 Å². The van der Waals surface area contributed by atoms with Gasteiger partial charge in [0.2, 0.25) is 0 Å². The fourth-order valence-corrected chi connectivity index (χ4v) is 3.85. The molecule has 2 saturated heterocycles. The van der Waals surface area contributed by atoms with Crippen molar-refractivity contribution in [2.75, 3.05) is 45.6 Å². The zero-order valence-electron chi connectivity index (χ0n) is 11.9. The average Bonchev–Trinajstić information content (AvgIpc) is 2.42. The summed E-state index contributed by atoms with van der Waals surface area (Å²) in [6.07, 6.45) is 6.15. The SMILES string of the molecule is CCNC1CCOCC1CN1CCC(SC)CC1. The van der Waals surface area contributed by atoms with Gasteiger partial charge in [-0.25, -0.2) is 0 Å². The highest BCUT2D eigenvalue weighted by Gasteiger charge is 2.28. The van der Waals surface area contributed by atoms with Crippen LogP contribution in [0.2, 0.25) is 0 Å². The van der Waals surface area contributed by atoms with Crippen molar-refractivity contribution in [2.45, 2.75) is 37.5 Å². The summed E-state index contributed by atoms with van der Waals surface area (Å²) >= 11 is 2.04. The Labute approximate surface area is 116 Å². The minimum absolute atomic E-state index is 0.669. The molecule has 3 nitrogen and oxygen atoms in total. The maximum Gasteiger partial charge on any atom is 0.0521 e. The van der Waals surface area contributed by atoms with E-state index in [-0.39, 0.29) is 0 Å². The summed E-state index contributed by atoms with van der Waals surface area (Å²) in [5.74, 6) is 0.685. The molecule has 2 heterocycles. The van der Waals surface area contributed by atoms with Crippen molar-refractivity contribution in [3.63, 3.8) is 0 Å². The molecule has 2 unspecified atom stereocenters. The molecule has 2 atom stereocenters. The van der Waals surface area contributed by atoms with Gasteiger partial charge in [0.15, 0.2) is 0 Å². The largest absolute Gasteiger partial charge is 0.381 e. The van der Waals surface area contributed by atoms with Gasteiger partial charge in [0.05, 0.1) is 6.61 Å². The number of hydrogen-bond donors (Lipinski definition) is 1. The second-order valence-corrected chi connectivity index (χ2v) is 6.66. The first kappa shape index (κ1) is 14.6. The topological polar surface area (TPSA) is 24.5 Å². The highest BCUT2D eigenvalue weighted by Crippen LogP contribution is 2.23. The molecule has 0 saturated carbocycles. The first-order valence-electron chi connectivity index (χ1n) is 7.39. The monoisotopic (exact) mass is 272 g/mol. The lowest BCUT2D eigenvalue weighted by Crippen LogP contribution is -2.49. The van der Waals surface area contributed by atoms with Crippen LogP contribution in [-0.2, 0) is 4.74 Å². The van der Waals surface area contributed by atoms with E-state index in [4.69, 9.17) is 4.74 Å². The highest BCUT2D eigenvalue weighted by molar-refractivity contribution is 7.99. The second kappa shape index (κ2) is 7.73. The Bertz CT molecular complexity index is 230. The normalized spacial score (nSPS) is 31.7. The standard InChI is InChI=1S/C14H28N2OS/c1-3-15-14-6-9-17-11-12(14)10-16-7-4-13(18-2)5-8-16/h12-15H,3-11H2,1-2H3. The summed E-state index contributed by atoms with van der Waals surface area (Å²) in [7, 11) is 0. The molecule has 2 fully saturated rings. The molecule has 106 valence electrons. The summed E-state index contributed by atoms with van der Waals surface area (Å²) in [6, 6.07) is 0.669. The van der Waals surface area contributed by atoms with Gasteiger partial charge >= 0.3 is 0 Å². The minimum Gasteiger partial charge on any atom is -0.381 e. The van der Waals surface area contributed by atoms with Crippen LogP contribution in [0.1, 0.15) is 26.2 Å². The van der Waals surface area contributed by atoms with Crippen molar-refractivity contribution in [3.8, 4) is 0 Å². The Balaban J connectivity index is 1.77. The van der Waals surface area contributed by atoms with Crippen LogP contribution in [-0.4, -0.2) is 61.8 Å². The van der Waals surface area contributed by atoms with Gasteiger partial charge in [-0.15, -0.1) is 0 Å². The maximum absolute atomic E-state index is 5.67. The van der Waals surface area contributed by atoms with Crippen molar-refractivity contribution in [1.29, 1.82) is 0 Å². The number of nitrogens with zero attached hydrogens (tertiary/aromatic N) is 1. The summed E-state index contributed by atoms with van der Waals surface area (Å²) in [5, 5.41) is 4.53. The maximum atomic E-state index is 5.67. The minimum atomic E-state index is 0.669. The molecule has 0 aromatic carbocycles. The molecule has 18 heavy (non-hydrogen) atoms. The van der Waals surface area contributed by atoms with Gasteiger partial charge in [-0.2, -0.15) is 11.8 Å². The molecule has 4 heteroatoms. The van der Waals surface area contributed by atoms with Crippen LogP contribution < -0.4 is 5.32 Å². The molecular weight excluding hydrogens is 244 g/mol. The third-order valence-electron chi connectivity index (χ3n) is 4.30. The average molecular weight is 272 g/mol. The Hall–Kier alpha value is 0.230. The molecule has 0 aromatic heterocycles. The van der Waals surface area contributed by atoms with E-state index in [2.05, 4.69) is 23.4 Å². The van der Waals surface area contributed by atoms with E-state index in [1.54, 1.807) is 0 Å². The molecule has 0 radical (unpaired) electrons. The summed E-state index contributed by atoms with van der Waals surface area (Å²) < 4.78 is 5.67. The fraction of sp³-hybridized carbons (Fsp3) is 1.00. The molecule has 2 rings (SSSR count). The number of likely N-dealkylation sites (tertiary alicyclic amines) is 1. The predicted molar refractivity (Wildman–Crippen MR) is 79.4 cm³/mol. The summed E-state index contributed by atoms with van der Waals surface area (Å²) in [4.78, 5) is 2.65. The lowest BCUT2D eigenvalue weighted by molar-refractivity contribution is 0.0147. The van der Waals surface area contributed by atoms with Gasteiger partial charge in [-0.05, 0) is 45.2 Å². The van der Waals surface area contributed by atoms with Crippen molar-refractivity contribution in [1.82, 2.24) is 10.2 Å². The Morgan fingerprint density at radius 1 is 1.28 bits per heavy atom. The lowest BCUT2D eigenvalue weighted by Gasteiger charge is -2.38. The fourth-order valence-electron chi connectivity index (χ4n) is 3.17. The molecule has 0 aliphatic carbocycles. The van der Waals surface area contributed by atoms with Crippen LogP contribution in [0.5, 0.6) is 0 Å². The van der Waals surface area contributed by atoms with Crippen LogP contribution in [0.25, 0.3) is 0 Å². The Kier molecular flexibility index (Phi) is 6.29. The predicted octanol–water partition coefficient (Wildman–Crippen LogP) is 1.83. The number of thioether (sulfide) groups is 1. The third-order valence-corrected chi connectivity index (χ3v) is 5.44. The van der Waals surface area contributed by atoms with Crippen LogP contribution >= 0.6 is 11.8 Å². The van der Waals surface area contributed by atoms with Crippen molar-refractivity contribution >= 4 is 11.8 Å². The van der Waals surface area contributed by atoms with E-state index in [0.29, 0.717) is 12.0 Å². The zero-order chi connectivity index (χ0) is 12.8. The number of piperidine rings is 1. The van der Waals surface area contributed by atoms with Crippen molar-refractivity contribution < 1.29 is 4.74 Å². The van der Waals surface area contributed by atoms with Crippen LogP contribution in [0.4, 0.5) is 0 Å². The first-order chi connectivity index (χ1) is 8.83. The van der Waals surface area contributed by atoms with Gasteiger partial charge in [-0.3, -0.25) is 0 Å². The zero-order valence-corrected chi connectivity index (χ0v) is 12.7. The van der Waals surface area contributed by atoms with E-state index >= 15 is 0 Å². The summed E-state index contributed by atoms with van der Waals surface area (Å²) in [6.45, 7) is 8.94. The van der Waals surface area contributed by atoms with E-state index in [9.17, 15) is 0 Å². The Morgan fingerprint density at radius 2 is 2.06 bits per heavy atom. The third kappa shape index (κ3) is 4.12. The van der Waals surface area contributed by atoms with Crippen LogP contribution in [0.15, 0.2) is 0 Å². The van der Waals surface area contributed by atoms with Gasteiger partial charge in [0.1, 0.15) is 0 Å². The molecule has 0 bridgehead atoms. The van der Waals surface area contributed by atoms with Crippen molar-refractivity contribution in [2.24, 2.45) is 5.92 Å². The molecular formula is C14H28N2OS. The van der Waals surface area contributed by atoms with Gasteiger partial charge in [0.25, 0.3) is 0 Å². The molecule has 0 aromatic rings. The second-order valence-electron chi connectivity index (χ2n) is 5.52. The first-order valence-corrected chi connectivity index (χ1v) is 8.68. The summed E-state index contributed by atoms with van der Waals surface area (Å²) in [5.41, 5.74) is 0. The van der Waals surface area contributed by atoms with E-state index < -0.39 is 0 Å². The van der Waals surface area contributed by atoms with E-state index in [0.717, 1.165) is 25.0 Å². The number of nitrogens with one attached hydrogen (secondary N) is 1. The lowest BCUT2D eigenvalue weighted by atomic mass is 9.94. The molecule has 2 aliphatic heterocycles. The van der Waals surface area contributed by atoms with Gasteiger partial charge in [0, 0.05) is 30.4 Å². The molecule has 1 N–H and O–H groups in total. The quantitative estimate of drug-likeness (QED) is 0.825. The molecule has 2 aliphatic rings. The smallest absolute Gasteiger partial charge is 0.0521 e. The highest BCUT2D eigenvalue weighted by atomic mass is 32.2. The van der Waals surface area contributed by atoms with Gasteiger partial charge in [-0.1, -0.05) is 6.92 Å². The van der Waals surface area contributed by atoms with Crippen LogP contribution in [0, 0.1) is 5.92 Å². The number of ether oxygens (including phenoxy) is 1. The van der Waals surface area contributed by atoms with E-state index in [1.165, 1.54) is 38.9 Å². The van der Waals surface area contributed by atoms with Crippen LogP contribution in [0.3, 0.4) is 0 Å². The number of rotatable bonds is 5. The Morgan fingerprint density at radius 3 is 2.72 bits per heavy atom. The molecule has 0 spiro atoms. The van der Waals surface area contributed by atoms with E-state index in [1.807, 2.05) is 11.8 Å².